The molecule has 0 spiro atoms. The van der Waals surface area contributed by atoms with Crippen molar-refractivity contribution in [3.63, 3.8) is 0 Å². The number of hydrogen-bond donors (Lipinski definition) is 2. The third-order valence-corrected chi connectivity index (χ3v) is 6.07. The molecule has 2 saturated heterocycles. The summed E-state index contributed by atoms with van der Waals surface area (Å²) in [5, 5.41) is 0. The van der Waals surface area contributed by atoms with Gasteiger partial charge in [-0.3, -0.25) is 19.9 Å². The van der Waals surface area contributed by atoms with Crippen molar-refractivity contribution < 1.29 is 9.59 Å². The highest BCUT2D eigenvalue weighted by molar-refractivity contribution is 5.81. The lowest BCUT2D eigenvalue weighted by Crippen LogP contribution is -2.64. The summed E-state index contributed by atoms with van der Waals surface area (Å²) in [4.78, 5) is 28.6. The van der Waals surface area contributed by atoms with Crippen LogP contribution in [0.1, 0.15) is 39.5 Å². The average Bonchev–Trinajstić information content (AvgIpc) is 2.54. The van der Waals surface area contributed by atoms with Crippen LogP contribution in [0, 0.1) is 17.8 Å². The summed E-state index contributed by atoms with van der Waals surface area (Å²) in [5.41, 5.74) is 5.61. The third-order valence-electron chi connectivity index (χ3n) is 6.07. The number of rotatable bonds is 3. The molecule has 0 aromatic rings. The normalized spacial score (nSPS) is 36.9. The van der Waals surface area contributed by atoms with E-state index in [4.69, 9.17) is 0 Å². The zero-order valence-electron chi connectivity index (χ0n) is 14.4. The van der Waals surface area contributed by atoms with Gasteiger partial charge in [-0.1, -0.05) is 33.1 Å². The largest absolute Gasteiger partial charge is 0.340 e. The molecule has 4 unspecified atom stereocenters. The van der Waals surface area contributed by atoms with Gasteiger partial charge >= 0.3 is 0 Å². The van der Waals surface area contributed by atoms with E-state index in [-0.39, 0.29) is 23.8 Å². The Bertz CT molecular complexity index is 456. The minimum atomic E-state index is -0.0750. The second-order valence-corrected chi connectivity index (χ2v) is 7.56. The number of carbonyl (C=O) groups excluding carboxylic acids is 2. The van der Waals surface area contributed by atoms with E-state index in [0.717, 1.165) is 25.6 Å². The molecule has 4 atom stereocenters. The van der Waals surface area contributed by atoms with Gasteiger partial charge in [0.25, 0.3) is 0 Å². The fraction of sp³-hybridized carbons (Fsp3) is 0.882. The Morgan fingerprint density at radius 1 is 1.13 bits per heavy atom. The van der Waals surface area contributed by atoms with Crippen molar-refractivity contribution in [3.05, 3.63) is 0 Å². The first-order valence-electron chi connectivity index (χ1n) is 9.11. The molecule has 0 bridgehead atoms. The van der Waals surface area contributed by atoms with E-state index in [0.29, 0.717) is 19.0 Å². The highest BCUT2D eigenvalue weighted by Gasteiger charge is 2.37. The van der Waals surface area contributed by atoms with Crippen LogP contribution in [0.15, 0.2) is 0 Å². The summed E-state index contributed by atoms with van der Waals surface area (Å²) >= 11 is 0. The predicted molar refractivity (Wildman–Crippen MR) is 88.4 cm³/mol. The highest BCUT2D eigenvalue weighted by atomic mass is 16.2. The molecule has 1 aliphatic carbocycles. The van der Waals surface area contributed by atoms with Crippen molar-refractivity contribution in [2.45, 2.75) is 45.6 Å². The Balaban J connectivity index is 1.55. The molecule has 2 N–H and O–H groups in total. The Morgan fingerprint density at radius 3 is 2.65 bits per heavy atom. The van der Waals surface area contributed by atoms with Gasteiger partial charge in [-0.2, -0.15) is 0 Å². The fourth-order valence-corrected chi connectivity index (χ4v) is 4.30. The maximum Gasteiger partial charge on any atom is 0.238 e. The van der Waals surface area contributed by atoms with Crippen molar-refractivity contribution in [3.8, 4) is 0 Å². The van der Waals surface area contributed by atoms with E-state index >= 15 is 0 Å². The minimum absolute atomic E-state index is 0.0205. The standard InChI is InChI=1S/C17H30N4O2/c1-12-5-3-4-6-14(12)10-21-8-7-20(11-16(21)22)15-9-18-19-17(23)13(15)2/h12-15,18H,3-11H2,1-2H3,(H,19,23). The molecule has 6 nitrogen and oxygen atoms in total. The summed E-state index contributed by atoms with van der Waals surface area (Å²) in [7, 11) is 0. The highest BCUT2D eigenvalue weighted by Crippen LogP contribution is 2.30. The average molecular weight is 322 g/mol. The number of hydrogen-bond acceptors (Lipinski definition) is 4. The lowest BCUT2D eigenvalue weighted by atomic mass is 9.80. The number of nitrogens with zero attached hydrogens (tertiary/aromatic N) is 2. The van der Waals surface area contributed by atoms with Gasteiger partial charge < -0.3 is 4.90 Å². The van der Waals surface area contributed by atoms with Gasteiger partial charge in [-0.25, -0.2) is 5.43 Å². The molecule has 2 aliphatic heterocycles. The van der Waals surface area contributed by atoms with E-state index < -0.39 is 0 Å². The number of piperazine rings is 1. The summed E-state index contributed by atoms with van der Waals surface area (Å²) in [6.07, 6.45) is 5.22. The lowest BCUT2D eigenvalue weighted by Gasteiger charge is -2.43. The number of carbonyl (C=O) groups is 2. The Kier molecular flexibility index (Phi) is 5.21. The van der Waals surface area contributed by atoms with Gasteiger partial charge in [0.1, 0.15) is 0 Å². The van der Waals surface area contributed by atoms with Crippen LogP contribution < -0.4 is 10.9 Å². The van der Waals surface area contributed by atoms with E-state index in [1.165, 1.54) is 25.7 Å². The molecular weight excluding hydrogens is 292 g/mol. The Hall–Kier alpha value is -1.14. The van der Waals surface area contributed by atoms with E-state index in [1.807, 2.05) is 6.92 Å². The topological polar surface area (TPSA) is 64.7 Å². The smallest absolute Gasteiger partial charge is 0.238 e. The quantitative estimate of drug-likeness (QED) is 0.798. The van der Waals surface area contributed by atoms with Crippen LogP contribution in [0.25, 0.3) is 0 Å². The number of amides is 2. The molecule has 0 aromatic carbocycles. The second kappa shape index (κ2) is 7.18. The zero-order valence-corrected chi connectivity index (χ0v) is 14.4. The van der Waals surface area contributed by atoms with Crippen LogP contribution in [-0.2, 0) is 9.59 Å². The van der Waals surface area contributed by atoms with E-state index in [9.17, 15) is 9.59 Å². The molecule has 6 heteroatoms. The van der Waals surface area contributed by atoms with Crippen molar-refractivity contribution in [2.75, 3.05) is 32.7 Å². The minimum Gasteiger partial charge on any atom is -0.340 e. The van der Waals surface area contributed by atoms with Gasteiger partial charge in [0.05, 0.1) is 12.5 Å². The molecular formula is C17H30N4O2. The first-order valence-corrected chi connectivity index (χ1v) is 9.11. The van der Waals surface area contributed by atoms with Crippen LogP contribution in [0.5, 0.6) is 0 Å². The molecule has 3 aliphatic rings. The van der Waals surface area contributed by atoms with E-state index in [2.05, 4.69) is 27.6 Å². The molecule has 2 amide bonds. The molecule has 0 radical (unpaired) electrons. The van der Waals surface area contributed by atoms with Gasteiger partial charge in [0.2, 0.25) is 11.8 Å². The summed E-state index contributed by atoms with van der Waals surface area (Å²) < 4.78 is 0. The van der Waals surface area contributed by atoms with E-state index in [1.54, 1.807) is 0 Å². The molecule has 3 fully saturated rings. The first-order chi connectivity index (χ1) is 11.1. The number of nitrogens with one attached hydrogen (secondary N) is 2. The molecule has 130 valence electrons. The molecule has 0 aromatic heterocycles. The summed E-state index contributed by atoms with van der Waals surface area (Å²) in [5.74, 6) is 1.58. The zero-order chi connectivity index (χ0) is 16.4. The van der Waals surface area contributed by atoms with Crippen molar-refractivity contribution >= 4 is 11.8 Å². The van der Waals surface area contributed by atoms with Crippen LogP contribution in [0.2, 0.25) is 0 Å². The SMILES string of the molecule is CC1CCCCC1CN1CCN(C2CNNC(=O)C2C)CC1=O. The maximum atomic E-state index is 12.6. The first kappa shape index (κ1) is 16.7. The third kappa shape index (κ3) is 3.69. The maximum absolute atomic E-state index is 12.6. The molecule has 23 heavy (non-hydrogen) atoms. The number of hydrazine groups is 1. The van der Waals surface area contributed by atoms with Crippen molar-refractivity contribution in [1.29, 1.82) is 0 Å². The molecule has 1 saturated carbocycles. The molecule has 2 heterocycles. The van der Waals surface area contributed by atoms with Crippen LogP contribution in [-0.4, -0.2) is 60.4 Å². The van der Waals surface area contributed by atoms with Crippen LogP contribution in [0.4, 0.5) is 0 Å². The van der Waals surface area contributed by atoms with Gasteiger partial charge in [-0.15, -0.1) is 0 Å². The van der Waals surface area contributed by atoms with Crippen molar-refractivity contribution in [2.24, 2.45) is 17.8 Å². The van der Waals surface area contributed by atoms with Crippen LogP contribution in [0.3, 0.4) is 0 Å². The van der Waals surface area contributed by atoms with Gasteiger partial charge in [-0.05, 0) is 18.3 Å². The second-order valence-electron chi connectivity index (χ2n) is 7.56. The summed E-state index contributed by atoms with van der Waals surface area (Å²) in [6, 6.07) is 0.114. The molecule has 3 rings (SSSR count). The van der Waals surface area contributed by atoms with Crippen LogP contribution >= 0.6 is 0 Å². The lowest BCUT2D eigenvalue weighted by molar-refractivity contribution is -0.142. The summed E-state index contributed by atoms with van der Waals surface area (Å²) in [6.45, 7) is 8.03. The Morgan fingerprint density at radius 2 is 1.91 bits per heavy atom. The van der Waals surface area contributed by atoms with Gasteiger partial charge in [0.15, 0.2) is 0 Å². The fourth-order valence-electron chi connectivity index (χ4n) is 4.30. The van der Waals surface area contributed by atoms with Crippen molar-refractivity contribution in [1.82, 2.24) is 20.7 Å². The Labute approximate surface area is 138 Å². The monoisotopic (exact) mass is 322 g/mol. The van der Waals surface area contributed by atoms with Gasteiger partial charge in [0, 0.05) is 32.2 Å². The predicted octanol–water partition coefficient (Wildman–Crippen LogP) is 0.596.